The Morgan fingerprint density at radius 2 is 1.79 bits per heavy atom. The predicted molar refractivity (Wildman–Crippen MR) is 59.1 cm³/mol. The molecule has 1 fully saturated rings. The number of para-hydroxylation sites is 1. The van der Waals surface area contributed by atoms with Crippen molar-refractivity contribution in [1.29, 1.82) is 0 Å². The Kier molecular flexibility index (Phi) is 4.17. The summed E-state index contributed by atoms with van der Waals surface area (Å²) < 4.78 is 0. The zero-order valence-electron chi connectivity index (χ0n) is 8.79. The van der Waals surface area contributed by atoms with E-state index in [-0.39, 0.29) is 11.8 Å². The zero-order valence-corrected chi connectivity index (χ0v) is 8.79. The van der Waals surface area contributed by atoms with Crippen molar-refractivity contribution in [2.75, 3.05) is 5.32 Å². The molecule has 2 rings (SSSR count). The molecule has 1 aromatic carbocycles. The van der Waals surface area contributed by atoms with Crippen LogP contribution in [0.1, 0.15) is 26.7 Å². The number of hydrogen-bond acceptors (Lipinski definition) is 1. The smallest absolute Gasteiger partial charge is 0.227 e. The minimum Gasteiger partial charge on any atom is -0.326 e. The van der Waals surface area contributed by atoms with Gasteiger partial charge in [-0.1, -0.05) is 32.0 Å². The van der Waals surface area contributed by atoms with Crippen LogP contribution in [0.25, 0.3) is 0 Å². The van der Waals surface area contributed by atoms with Crippen molar-refractivity contribution in [3.8, 4) is 0 Å². The molecule has 1 N–H and O–H groups in total. The molecule has 0 aromatic heterocycles. The van der Waals surface area contributed by atoms with Crippen molar-refractivity contribution in [1.82, 2.24) is 0 Å². The average molecular weight is 191 g/mol. The molecule has 0 heterocycles. The van der Waals surface area contributed by atoms with E-state index in [0.717, 1.165) is 18.5 Å². The predicted octanol–water partition coefficient (Wildman–Crippen LogP) is 3.06. The van der Waals surface area contributed by atoms with Gasteiger partial charge in [0.05, 0.1) is 0 Å². The lowest BCUT2D eigenvalue weighted by molar-refractivity contribution is -0.117. The SMILES string of the molecule is CC.O=C(Nc1ccccc1)C1CC1. The third-order valence-corrected chi connectivity index (χ3v) is 1.99. The molecule has 2 heteroatoms. The minimum absolute atomic E-state index is 0.168. The summed E-state index contributed by atoms with van der Waals surface area (Å²) in [4.78, 5) is 11.3. The Hall–Kier alpha value is -1.31. The third-order valence-electron chi connectivity index (χ3n) is 1.99. The normalized spacial score (nSPS) is 13.9. The minimum atomic E-state index is 0.168. The van der Waals surface area contributed by atoms with E-state index in [9.17, 15) is 4.79 Å². The topological polar surface area (TPSA) is 29.1 Å². The molecule has 0 spiro atoms. The second kappa shape index (κ2) is 5.43. The molecule has 1 aliphatic rings. The molecule has 0 atom stereocenters. The molecule has 76 valence electrons. The summed E-state index contributed by atoms with van der Waals surface area (Å²) >= 11 is 0. The number of carbonyl (C=O) groups is 1. The number of nitrogens with one attached hydrogen (secondary N) is 1. The van der Waals surface area contributed by atoms with Crippen molar-refractivity contribution in [2.45, 2.75) is 26.7 Å². The van der Waals surface area contributed by atoms with Gasteiger partial charge in [-0.25, -0.2) is 0 Å². The van der Waals surface area contributed by atoms with Crippen LogP contribution >= 0.6 is 0 Å². The Morgan fingerprint density at radius 1 is 1.21 bits per heavy atom. The van der Waals surface area contributed by atoms with Gasteiger partial charge in [0, 0.05) is 11.6 Å². The first-order chi connectivity index (χ1) is 6.86. The molecular formula is C12H17NO. The molecule has 0 saturated heterocycles. The van der Waals surface area contributed by atoms with Gasteiger partial charge in [0.2, 0.25) is 5.91 Å². The molecule has 0 bridgehead atoms. The Labute approximate surface area is 85.3 Å². The van der Waals surface area contributed by atoms with E-state index in [2.05, 4.69) is 5.32 Å². The van der Waals surface area contributed by atoms with E-state index >= 15 is 0 Å². The van der Waals surface area contributed by atoms with Gasteiger partial charge in [0.1, 0.15) is 0 Å². The Balaban J connectivity index is 0.000000461. The van der Waals surface area contributed by atoms with Crippen LogP contribution in [0, 0.1) is 5.92 Å². The number of anilines is 1. The van der Waals surface area contributed by atoms with Crippen LogP contribution in [0.3, 0.4) is 0 Å². The van der Waals surface area contributed by atoms with E-state index in [1.807, 2.05) is 44.2 Å². The highest BCUT2D eigenvalue weighted by atomic mass is 16.2. The standard InChI is InChI=1S/C10H11NO.C2H6/c12-10(8-6-7-8)11-9-4-2-1-3-5-9;1-2/h1-5,8H,6-7H2,(H,11,12);1-2H3. The largest absolute Gasteiger partial charge is 0.326 e. The highest BCUT2D eigenvalue weighted by Gasteiger charge is 2.29. The van der Waals surface area contributed by atoms with E-state index in [1.165, 1.54) is 0 Å². The van der Waals surface area contributed by atoms with E-state index in [4.69, 9.17) is 0 Å². The fourth-order valence-electron chi connectivity index (χ4n) is 1.11. The van der Waals surface area contributed by atoms with Gasteiger partial charge in [-0.05, 0) is 25.0 Å². The fraction of sp³-hybridized carbons (Fsp3) is 0.417. The van der Waals surface area contributed by atoms with Gasteiger partial charge in [-0.3, -0.25) is 4.79 Å². The molecule has 0 unspecified atom stereocenters. The van der Waals surface area contributed by atoms with Crippen LogP contribution in [0.4, 0.5) is 5.69 Å². The van der Waals surface area contributed by atoms with Crippen molar-refractivity contribution in [3.63, 3.8) is 0 Å². The molecule has 1 amide bonds. The highest BCUT2D eigenvalue weighted by Crippen LogP contribution is 2.29. The molecule has 0 radical (unpaired) electrons. The summed E-state index contributed by atoms with van der Waals surface area (Å²) in [5.74, 6) is 0.450. The van der Waals surface area contributed by atoms with E-state index < -0.39 is 0 Å². The summed E-state index contributed by atoms with van der Waals surface area (Å²) in [5, 5.41) is 2.86. The quantitative estimate of drug-likeness (QED) is 0.764. The lowest BCUT2D eigenvalue weighted by Crippen LogP contribution is -2.12. The second-order valence-corrected chi connectivity index (χ2v) is 3.13. The van der Waals surface area contributed by atoms with Crippen molar-refractivity contribution in [3.05, 3.63) is 30.3 Å². The first-order valence-electron chi connectivity index (χ1n) is 5.22. The zero-order chi connectivity index (χ0) is 10.4. The number of rotatable bonds is 2. The van der Waals surface area contributed by atoms with Crippen LogP contribution in [0.15, 0.2) is 30.3 Å². The van der Waals surface area contributed by atoms with Gasteiger partial charge in [0.15, 0.2) is 0 Å². The summed E-state index contributed by atoms with van der Waals surface area (Å²) in [6, 6.07) is 9.58. The lowest BCUT2D eigenvalue weighted by atomic mass is 10.3. The van der Waals surface area contributed by atoms with Crippen LogP contribution in [0.5, 0.6) is 0 Å². The summed E-state index contributed by atoms with van der Waals surface area (Å²) in [6.45, 7) is 4.00. The molecule has 1 aromatic rings. The second-order valence-electron chi connectivity index (χ2n) is 3.13. The van der Waals surface area contributed by atoms with Crippen molar-refractivity contribution in [2.24, 2.45) is 5.92 Å². The maximum atomic E-state index is 11.3. The first-order valence-corrected chi connectivity index (χ1v) is 5.22. The Bertz CT molecular complexity index is 278. The molecule has 14 heavy (non-hydrogen) atoms. The fourth-order valence-corrected chi connectivity index (χ4v) is 1.11. The number of carbonyl (C=O) groups excluding carboxylic acids is 1. The third kappa shape index (κ3) is 3.21. The van der Waals surface area contributed by atoms with Gasteiger partial charge in [-0.15, -0.1) is 0 Å². The molecule has 2 nitrogen and oxygen atoms in total. The lowest BCUT2D eigenvalue weighted by Gasteiger charge is -2.01. The number of hydrogen-bond donors (Lipinski definition) is 1. The van der Waals surface area contributed by atoms with Crippen LogP contribution in [0.2, 0.25) is 0 Å². The maximum absolute atomic E-state index is 11.3. The van der Waals surface area contributed by atoms with Gasteiger partial charge < -0.3 is 5.32 Å². The average Bonchev–Trinajstić information content (AvgIpc) is 3.05. The van der Waals surface area contributed by atoms with Gasteiger partial charge in [-0.2, -0.15) is 0 Å². The molecular weight excluding hydrogens is 174 g/mol. The monoisotopic (exact) mass is 191 g/mol. The van der Waals surface area contributed by atoms with E-state index in [1.54, 1.807) is 0 Å². The van der Waals surface area contributed by atoms with Crippen LogP contribution in [-0.4, -0.2) is 5.91 Å². The van der Waals surface area contributed by atoms with Crippen molar-refractivity contribution >= 4 is 11.6 Å². The van der Waals surface area contributed by atoms with Gasteiger partial charge >= 0.3 is 0 Å². The van der Waals surface area contributed by atoms with Crippen LogP contribution in [-0.2, 0) is 4.79 Å². The molecule has 0 aliphatic heterocycles. The number of benzene rings is 1. The summed E-state index contributed by atoms with van der Waals surface area (Å²) in [6.07, 6.45) is 2.11. The summed E-state index contributed by atoms with van der Waals surface area (Å²) in [7, 11) is 0. The van der Waals surface area contributed by atoms with Crippen molar-refractivity contribution < 1.29 is 4.79 Å². The first kappa shape index (κ1) is 10.8. The summed E-state index contributed by atoms with van der Waals surface area (Å²) in [5.41, 5.74) is 0.898. The number of amides is 1. The van der Waals surface area contributed by atoms with Crippen LogP contribution < -0.4 is 5.32 Å². The molecule has 1 saturated carbocycles. The molecule has 1 aliphatic carbocycles. The van der Waals surface area contributed by atoms with E-state index in [0.29, 0.717) is 0 Å². The Morgan fingerprint density at radius 3 is 2.29 bits per heavy atom. The van der Waals surface area contributed by atoms with Gasteiger partial charge in [0.25, 0.3) is 0 Å². The maximum Gasteiger partial charge on any atom is 0.227 e. The highest BCUT2D eigenvalue weighted by molar-refractivity contribution is 5.93.